The van der Waals surface area contributed by atoms with Crippen molar-refractivity contribution >= 4 is 18.0 Å². The van der Waals surface area contributed by atoms with Crippen LogP contribution in [-0.2, 0) is 4.74 Å². The van der Waals surface area contributed by atoms with Crippen LogP contribution in [0, 0.1) is 0 Å². The zero-order valence-corrected chi connectivity index (χ0v) is 12.1. The summed E-state index contributed by atoms with van der Waals surface area (Å²) in [7, 11) is 0. The minimum Gasteiger partial charge on any atom is -0.440 e. The summed E-state index contributed by atoms with van der Waals surface area (Å²) in [5.74, 6) is 1.13. The Bertz CT molecular complexity index is 646. The first-order chi connectivity index (χ1) is 10.8. The summed E-state index contributed by atoms with van der Waals surface area (Å²) in [6.07, 6.45) is 1.49. The van der Waals surface area contributed by atoms with Crippen LogP contribution in [0.15, 0.2) is 52.0 Å². The van der Waals surface area contributed by atoms with Gasteiger partial charge in [-0.25, -0.2) is 5.43 Å². The first-order valence-electron chi connectivity index (χ1n) is 7.14. The highest BCUT2D eigenvalue weighted by molar-refractivity contribution is 5.94. The van der Waals surface area contributed by atoms with E-state index in [1.807, 2.05) is 18.2 Å². The van der Waals surface area contributed by atoms with Gasteiger partial charge in [0, 0.05) is 24.7 Å². The van der Waals surface area contributed by atoms with Crippen LogP contribution in [-0.4, -0.2) is 38.4 Å². The lowest BCUT2D eigenvalue weighted by Crippen LogP contribution is -2.35. The molecule has 1 N–H and O–H groups in total. The molecule has 0 spiro atoms. The third-order valence-electron chi connectivity index (χ3n) is 3.33. The molecule has 1 saturated heterocycles. The van der Waals surface area contributed by atoms with Gasteiger partial charge in [-0.15, -0.1) is 0 Å². The molecule has 0 bridgehead atoms. The summed E-state index contributed by atoms with van der Waals surface area (Å²) in [4.78, 5) is 13.9. The molecular weight excluding hydrogens is 282 g/mol. The number of furan rings is 1. The van der Waals surface area contributed by atoms with Gasteiger partial charge in [0.1, 0.15) is 5.76 Å². The number of benzene rings is 1. The average Bonchev–Trinajstić information content (AvgIpc) is 3.05. The van der Waals surface area contributed by atoms with Gasteiger partial charge in [0.15, 0.2) is 5.88 Å². The molecule has 2 heterocycles. The normalized spacial score (nSPS) is 15.2. The Morgan fingerprint density at radius 2 is 1.91 bits per heavy atom. The standard InChI is InChI=1S/C16H17N3O3/c20-16(13-4-2-1-3-5-13)18-17-12-14-6-7-15(22-14)19-8-10-21-11-9-19/h1-7,12H,8-11H2,(H,18,20)/b17-12-. The maximum Gasteiger partial charge on any atom is 0.271 e. The molecule has 0 atom stereocenters. The lowest BCUT2D eigenvalue weighted by atomic mass is 10.2. The number of carbonyl (C=O) groups excluding carboxylic acids is 1. The van der Waals surface area contributed by atoms with Crippen LogP contribution in [0.4, 0.5) is 5.88 Å². The molecule has 1 aromatic carbocycles. The molecule has 0 saturated carbocycles. The Kier molecular flexibility index (Phi) is 4.50. The molecule has 114 valence electrons. The third-order valence-corrected chi connectivity index (χ3v) is 3.33. The van der Waals surface area contributed by atoms with Crippen molar-refractivity contribution in [3.63, 3.8) is 0 Å². The van der Waals surface area contributed by atoms with Crippen LogP contribution < -0.4 is 10.3 Å². The van der Waals surface area contributed by atoms with Gasteiger partial charge in [-0.05, 0) is 18.2 Å². The summed E-state index contributed by atoms with van der Waals surface area (Å²) in [5, 5.41) is 3.91. The predicted molar refractivity (Wildman–Crippen MR) is 83.2 cm³/mol. The number of nitrogens with zero attached hydrogens (tertiary/aromatic N) is 2. The van der Waals surface area contributed by atoms with E-state index in [-0.39, 0.29) is 5.91 Å². The van der Waals surface area contributed by atoms with Crippen molar-refractivity contribution in [1.29, 1.82) is 0 Å². The molecule has 0 radical (unpaired) electrons. The summed E-state index contributed by atoms with van der Waals surface area (Å²) < 4.78 is 11.0. The van der Waals surface area contributed by atoms with Crippen LogP contribution in [0.1, 0.15) is 16.1 Å². The Labute approximate surface area is 128 Å². The van der Waals surface area contributed by atoms with Crippen LogP contribution in [0.5, 0.6) is 0 Å². The number of morpholine rings is 1. The number of anilines is 1. The molecular formula is C16H17N3O3. The van der Waals surface area contributed by atoms with Crippen LogP contribution in [0.2, 0.25) is 0 Å². The van der Waals surface area contributed by atoms with E-state index in [1.54, 1.807) is 24.3 Å². The minimum absolute atomic E-state index is 0.253. The van der Waals surface area contributed by atoms with Gasteiger partial charge in [-0.1, -0.05) is 18.2 Å². The van der Waals surface area contributed by atoms with Gasteiger partial charge in [0.2, 0.25) is 0 Å². The van der Waals surface area contributed by atoms with Crippen LogP contribution >= 0.6 is 0 Å². The second kappa shape index (κ2) is 6.91. The van der Waals surface area contributed by atoms with Crippen LogP contribution in [0.25, 0.3) is 0 Å². The predicted octanol–water partition coefficient (Wildman–Crippen LogP) is 1.88. The first kappa shape index (κ1) is 14.3. The third kappa shape index (κ3) is 3.53. The number of carbonyl (C=O) groups is 1. The van der Waals surface area contributed by atoms with Crippen molar-refractivity contribution in [3.05, 3.63) is 53.8 Å². The fraction of sp³-hybridized carbons (Fsp3) is 0.250. The maximum atomic E-state index is 11.8. The van der Waals surface area contributed by atoms with Crippen LogP contribution in [0.3, 0.4) is 0 Å². The molecule has 1 aliphatic heterocycles. The zero-order chi connectivity index (χ0) is 15.2. The molecule has 22 heavy (non-hydrogen) atoms. The second-order valence-electron chi connectivity index (χ2n) is 4.84. The summed E-state index contributed by atoms with van der Waals surface area (Å²) in [6.45, 7) is 3.04. The zero-order valence-electron chi connectivity index (χ0n) is 12.1. The molecule has 0 unspecified atom stereocenters. The molecule has 1 amide bonds. The van der Waals surface area contributed by atoms with E-state index in [9.17, 15) is 4.79 Å². The fourth-order valence-electron chi connectivity index (χ4n) is 2.17. The summed E-state index contributed by atoms with van der Waals surface area (Å²) in [6, 6.07) is 12.6. The number of hydrazone groups is 1. The second-order valence-corrected chi connectivity index (χ2v) is 4.84. The van der Waals surface area contributed by atoms with E-state index in [2.05, 4.69) is 15.4 Å². The van der Waals surface area contributed by atoms with Gasteiger partial charge in [0.25, 0.3) is 5.91 Å². The number of hydrogen-bond acceptors (Lipinski definition) is 5. The largest absolute Gasteiger partial charge is 0.440 e. The van der Waals surface area contributed by atoms with E-state index in [0.717, 1.165) is 19.0 Å². The van der Waals surface area contributed by atoms with Crippen molar-refractivity contribution in [1.82, 2.24) is 5.43 Å². The number of nitrogens with one attached hydrogen (secondary N) is 1. The lowest BCUT2D eigenvalue weighted by Gasteiger charge is -2.26. The molecule has 1 fully saturated rings. The monoisotopic (exact) mass is 299 g/mol. The van der Waals surface area contributed by atoms with Gasteiger partial charge in [0.05, 0.1) is 19.4 Å². The van der Waals surface area contributed by atoms with E-state index in [1.165, 1.54) is 6.21 Å². The van der Waals surface area contributed by atoms with Crippen molar-refractivity contribution in [2.75, 3.05) is 31.2 Å². The number of ether oxygens (including phenoxy) is 1. The SMILES string of the molecule is O=C(N/N=C\c1ccc(N2CCOCC2)o1)c1ccccc1. The number of hydrogen-bond donors (Lipinski definition) is 1. The summed E-state index contributed by atoms with van der Waals surface area (Å²) in [5.41, 5.74) is 3.04. The smallest absolute Gasteiger partial charge is 0.271 e. The Hall–Kier alpha value is -2.60. The molecule has 6 heteroatoms. The molecule has 1 aliphatic rings. The van der Waals surface area contributed by atoms with Gasteiger partial charge < -0.3 is 14.1 Å². The van der Waals surface area contributed by atoms with Gasteiger partial charge in [-0.2, -0.15) is 5.10 Å². The van der Waals surface area contributed by atoms with E-state index in [0.29, 0.717) is 24.5 Å². The Balaban J connectivity index is 1.57. The minimum atomic E-state index is -0.253. The van der Waals surface area contributed by atoms with Crippen molar-refractivity contribution in [2.24, 2.45) is 5.10 Å². The first-order valence-corrected chi connectivity index (χ1v) is 7.14. The molecule has 6 nitrogen and oxygen atoms in total. The Morgan fingerprint density at radius 1 is 1.14 bits per heavy atom. The van der Waals surface area contributed by atoms with Crippen molar-refractivity contribution in [3.8, 4) is 0 Å². The van der Waals surface area contributed by atoms with Crippen molar-refractivity contribution in [2.45, 2.75) is 0 Å². The van der Waals surface area contributed by atoms with Gasteiger partial charge >= 0.3 is 0 Å². The molecule has 1 aromatic heterocycles. The number of amides is 1. The van der Waals surface area contributed by atoms with Gasteiger partial charge in [-0.3, -0.25) is 4.79 Å². The fourth-order valence-corrected chi connectivity index (χ4v) is 2.17. The highest BCUT2D eigenvalue weighted by Crippen LogP contribution is 2.18. The lowest BCUT2D eigenvalue weighted by molar-refractivity contribution is 0.0955. The summed E-state index contributed by atoms with van der Waals surface area (Å²) >= 11 is 0. The van der Waals surface area contributed by atoms with E-state index in [4.69, 9.17) is 9.15 Å². The average molecular weight is 299 g/mol. The van der Waals surface area contributed by atoms with E-state index >= 15 is 0 Å². The van der Waals surface area contributed by atoms with E-state index < -0.39 is 0 Å². The molecule has 3 rings (SSSR count). The Morgan fingerprint density at radius 3 is 2.68 bits per heavy atom. The highest BCUT2D eigenvalue weighted by atomic mass is 16.5. The topological polar surface area (TPSA) is 67.1 Å². The molecule has 2 aromatic rings. The quantitative estimate of drug-likeness (QED) is 0.691. The van der Waals surface area contributed by atoms with Crippen molar-refractivity contribution < 1.29 is 13.9 Å². The number of rotatable bonds is 4. The highest BCUT2D eigenvalue weighted by Gasteiger charge is 2.14. The molecule has 0 aliphatic carbocycles. The maximum absolute atomic E-state index is 11.8.